The maximum absolute atomic E-state index is 5.80. The minimum Gasteiger partial charge on any atom is -0.271 e. The van der Waals surface area contributed by atoms with Gasteiger partial charge in [-0.05, 0) is 41.1 Å². The Morgan fingerprint density at radius 2 is 1.90 bits per heavy atom. The van der Waals surface area contributed by atoms with E-state index >= 15 is 0 Å². The third-order valence-corrected chi connectivity index (χ3v) is 4.17. The molecule has 0 amide bonds. The molecule has 4 heteroatoms. The van der Waals surface area contributed by atoms with Crippen LogP contribution in [0.15, 0.2) is 65.4 Å². The standard InChI is InChI=1S/C17H16BrN3/c18-14-6-4-12(5-7-14)10-17(21-19)16-3-1-2-13-11-20-9-8-15(13)16/h1-9,11,17,21H,10,19H2. The fourth-order valence-electron chi connectivity index (χ4n) is 2.57. The SMILES string of the molecule is NNC(Cc1ccc(Br)cc1)c1cccc2cnccc12. The molecule has 21 heavy (non-hydrogen) atoms. The molecule has 1 heterocycles. The zero-order valence-electron chi connectivity index (χ0n) is 11.5. The first kappa shape index (κ1) is 14.2. The molecule has 3 rings (SSSR count). The van der Waals surface area contributed by atoms with Crippen LogP contribution in [0.4, 0.5) is 0 Å². The molecule has 0 radical (unpaired) electrons. The summed E-state index contributed by atoms with van der Waals surface area (Å²) in [5.41, 5.74) is 5.38. The van der Waals surface area contributed by atoms with Gasteiger partial charge in [-0.15, -0.1) is 0 Å². The van der Waals surface area contributed by atoms with Gasteiger partial charge in [-0.3, -0.25) is 16.3 Å². The molecule has 3 nitrogen and oxygen atoms in total. The molecule has 3 aromatic rings. The van der Waals surface area contributed by atoms with Crippen LogP contribution in [0.1, 0.15) is 17.2 Å². The Labute approximate surface area is 132 Å². The number of rotatable bonds is 4. The number of benzene rings is 2. The quantitative estimate of drug-likeness (QED) is 0.561. The van der Waals surface area contributed by atoms with Crippen LogP contribution in [-0.2, 0) is 6.42 Å². The lowest BCUT2D eigenvalue weighted by Crippen LogP contribution is -2.29. The summed E-state index contributed by atoms with van der Waals surface area (Å²) in [6.07, 6.45) is 4.54. The highest BCUT2D eigenvalue weighted by molar-refractivity contribution is 9.10. The van der Waals surface area contributed by atoms with Crippen LogP contribution in [0.3, 0.4) is 0 Å². The molecule has 1 aromatic heterocycles. The average molecular weight is 342 g/mol. The van der Waals surface area contributed by atoms with Gasteiger partial charge in [0.15, 0.2) is 0 Å². The fraction of sp³-hybridized carbons (Fsp3) is 0.118. The van der Waals surface area contributed by atoms with E-state index < -0.39 is 0 Å². The van der Waals surface area contributed by atoms with Crippen molar-refractivity contribution >= 4 is 26.7 Å². The van der Waals surface area contributed by atoms with Gasteiger partial charge in [0.1, 0.15) is 0 Å². The van der Waals surface area contributed by atoms with Crippen molar-refractivity contribution in [1.82, 2.24) is 10.4 Å². The topological polar surface area (TPSA) is 50.9 Å². The molecule has 0 fully saturated rings. The molecule has 106 valence electrons. The van der Waals surface area contributed by atoms with E-state index in [0.29, 0.717) is 0 Å². The van der Waals surface area contributed by atoms with Gasteiger partial charge in [0.2, 0.25) is 0 Å². The summed E-state index contributed by atoms with van der Waals surface area (Å²) in [4.78, 5) is 4.18. The number of aromatic nitrogens is 1. The van der Waals surface area contributed by atoms with E-state index in [1.807, 2.05) is 24.5 Å². The Bertz CT molecular complexity index is 735. The molecule has 0 spiro atoms. The van der Waals surface area contributed by atoms with Crippen LogP contribution >= 0.6 is 15.9 Å². The Morgan fingerprint density at radius 1 is 1.10 bits per heavy atom. The van der Waals surface area contributed by atoms with E-state index in [-0.39, 0.29) is 6.04 Å². The highest BCUT2D eigenvalue weighted by Crippen LogP contribution is 2.26. The zero-order chi connectivity index (χ0) is 14.7. The summed E-state index contributed by atoms with van der Waals surface area (Å²) in [6, 6.07) is 16.7. The second-order valence-corrected chi connectivity index (χ2v) is 5.91. The number of hydrogen-bond acceptors (Lipinski definition) is 3. The number of halogens is 1. The van der Waals surface area contributed by atoms with Crippen molar-refractivity contribution < 1.29 is 0 Å². The molecule has 0 saturated carbocycles. The number of nitrogens with zero attached hydrogens (tertiary/aromatic N) is 1. The van der Waals surface area contributed by atoms with Crippen molar-refractivity contribution in [3.05, 3.63) is 76.5 Å². The Morgan fingerprint density at radius 3 is 2.67 bits per heavy atom. The first-order chi connectivity index (χ1) is 10.3. The molecule has 0 aliphatic rings. The highest BCUT2D eigenvalue weighted by atomic mass is 79.9. The summed E-state index contributed by atoms with van der Waals surface area (Å²) in [7, 11) is 0. The lowest BCUT2D eigenvalue weighted by molar-refractivity contribution is 0.555. The summed E-state index contributed by atoms with van der Waals surface area (Å²) in [5.74, 6) is 5.80. The van der Waals surface area contributed by atoms with Crippen LogP contribution in [0.2, 0.25) is 0 Å². The van der Waals surface area contributed by atoms with Gasteiger partial charge < -0.3 is 0 Å². The number of hydrogen-bond donors (Lipinski definition) is 2. The van der Waals surface area contributed by atoms with Crippen LogP contribution in [-0.4, -0.2) is 4.98 Å². The maximum atomic E-state index is 5.80. The van der Waals surface area contributed by atoms with E-state index in [2.05, 4.69) is 62.7 Å². The van der Waals surface area contributed by atoms with Crippen molar-refractivity contribution in [2.24, 2.45) is 5.84 Å². The number of nitrogens with two attached hydrogens (primary N) is 1. The molecule has 0 aliphatic carbocycles. The molecule has 3 N–H and O–H groups in total. The maximum Gasteiger partial charge on any atom is 0.0506 e. The predicted molar refractivity (Wildman–Crippen MR) is 89.7 cm³/mol. The van der Waals surface area contributed by atoms with Crippen molar-refractivity contribution in [3.8, 4) is 0 Å². The molecular formula is C17H16BrN3. The Kier molecular flexibility index (Phi) is 4.29. The number of nitrogens with one attached hydrogen (secondary N) is 1. The second-order valence-electron chi connectivity index (χ2n) is 4.99. The van der Waals surface area contributed by atoms with Gasteiger partial charge in [-0.1, -0.05) is 46.3 Å². The highest BCUT2D eigenvalue weighted by Gasteiger charge is 2.13. The smallest absolute Gasteiger partial charge is 0.0506 e. The van der Waals surface area contributed by atoms with Gasteiger partial charge in [-0.2, -0.15) is 0 Å². The van der Waals surface area contributed by atoms with Gasteiger partial charge in [-0.25, -0.2) is 0 Å². The number of fused-ring (bicyclic) bond motifs is 1. The first-order valence-electron chi connectivity index (χ1n) is 6.81. The van der Waals surface area contributed by atoms with Crippen molar-refractivity contribution in [2.75, 3.05) is 0 Å². The fourth-order valence-corrected chi connectivity index (χ4v) is 2.83. The molecule has 2 aromatic carbocycles. The molecular weight excluding hydrogens is 326 g/mol. The number of hydrazine groups is 1. The number of pyridine rings is 1. The van der Waals surface area contributed by atoms with E-state index in [4.69, 9.17) is 5.84 Å². The first-order valence-corrected chi connectivity index (χ1v) is 7.60. The molecule has 1 atom stereocenters. The van der Waals surface area contributed by atoms with Gasteiger partial charge >= 0.3 is 0 Å². The summed E-state index contributed by atoms with van der Waals surface area (Å²) >= 11 is 3.46. The van der Waals surface area contributed by atoms with E-state index in [0.717, 1.165) is 16.3 Å². The average Bonchev–Trinajstić information content (AvgIpc) is 2.54. The summed E-state index contributed by atoms with van der Waals surface area (Å²) in [6.45, 7) is 0. The van der Waals surface area contributed by atoms with E-state index in [9.17, 15) is 0 Å². The molecule has 1 unspecified atom stereocenters. The summed E-state index contributed by atoms with van der Waals surface area (Å²) < 4.78 is 1.08. The van der Waals surface area contributed by atoms with Gasteiger partial charge in [0.05, 0.1) is 6.04 Å². The molecule has 0 saturated heterocycles. The minimum absolute atomic E-state index is 0.0669. The normalized spacial score (nSPS) is 12.5. The predicted octanol–water partition coefficient (Wildman–Crippen LogP) is 3.74. The molecule has 0 aliphatic heterocycles. The van der Waals surface area contributed by atoms with Crippen LogP contribution < -0.4 is 11.3 Å². The van der Waals surface area contributed by atoms with Crippen LogP contribution in [0.5, 0.6) is 0 Å². The lowest BCUT2D eigenvalue weighted by atomic mass is 9.95. The van der Waals surface area contributed by atoms with E-state index in [1.54, 1.807) is 0 Å². The second kappa shape index (κ2) is 6.35. The summed E-state index contributed by atoms with van der Waals surface area (Å²) in [5, 5.41) is 2.32. The third kappa shape index (κ3) is 3.13. The minimum atomic E-state index is 0.0669. The Balaban J connectivity index is 1.96. The van der Waals surface area contributed by atoms with Gasteiger partial charge in [0, 0.05) is 22.3 Å². The largest absolute Gasteiger partial charge is 0.271 e. The third-order valence-electron chi connectivity index (χ3n) is 3.64. The van der Waals surface area contributed by atoms with E-state index in [1.165, 1.54) is 16.5 Å². The van der Waals surface area contributed by atoms with Crippen molar-refractivity contribution in [3.63, 3.8) is 0 Å². The van der Waals surface area contributed by atoms with Crippen LogP contribution in [0.25, 0.3) is 10.8 Å². The molecule has 0 bridgehead atoms. The monoisotopic (exact) mass is 341 g/mol. The van der Waals surface area contributed by atoms with Crippen LogP contribution in [0, 0.1) is 0 Å². The van der Waals surface area contributed by atoms with Crippen molar-refractivity contribution in [1.29, 1.82) is 0 Å². The van der Waals surface area contributed by atoms with Gasteiger partial charge in [0.25, 0.3) is 0 Å². The Hall–Kier alpha value is -1.75. The zero-order valence-corrected chi connectivity index (χ0v) is 13.0. The van der Waals surface area contributed by atoms with Crippen molar-refractivity contribution in [2.45, 2.75) is 12.5 Å². The lowest BCUT2D eigenvalue weighted by Gasteiger charge is -2.18.